The number of phenolic OH excluding ortho intramolecular Hbond substituents is 1. The predicted octanol–water partition coefficient (Wildman–Crippen LogP) is 11.9. The Balaban J connectivity index is 1.76. The van der Waals surface area contributed by atoms with E-state index >= 15 is 9.13 Å². The number of benzene rings is 5. The molecule has 0 aliphatic carbocycles. The number of hydrogen-bond donors (Lipinski definition) is 1. The van der Waals surface area contributed by atoms with E-state index in [1.807, 2.05) is 163 Å². The van der Waals surface area contributed by atoms with Gasteiger partial charge in [-0.05, 0) is 45.2 Å². The van der Waals surface area contributed by atoms with Crippen LogP contribution in [0.25, 0.3) is 0 Å². The van der Waals surface area contributed by atoms with Crippen molar-refractivity contribution in [2.24, 2.45) is 0 Å². The fourth-order valence-electron chi connectivity index (χ4n) is 5.51. The molecule has 52 heavy (non-hydrogen) atoms. The van der Waals surface area contributed by atoms with Crippen LogP contribution in [0.1, 0.15) is 74.9 Å². The zero-order chi connectivity index (χ0) is 37.4. The fourth-order valence-corrected chi connectivity index (χ4v) is 9.83. The maximum absolute atomic E-state index is 15.8. The maximum atomic E-state index is 15.8. The third-order valence-corrected chi connectivity index (χ3v) is 12.9. The van der Waals surface area contributed by atoms with Crippen LogP contribution >= 0.6 is 15.5 Å². The molecule has 0 atom stereocenters. The number of nitrogens with zero attached hydrogens (tertiary/aromatic N) is 1. The maximum Gasteiger partial charge on any atom is 0.444 e. The van der Waals surface area contributed by atoms with Crippen molar-refractivity contribution in [3.05, 3.63) is 167 Å². The third-order valence-electron chi connectivity index (χ3n) is 8.35. The van der Waals surface area contributed by atoms with Gasteiger partial charge in [-0.3, -0.25) is 18.1 Å². The van der Waals surface area contributed by atoms with Crippen LogP contribution in [-0.2, 0) is 64.5 Å². The lowest BCUT2D eigenvalue weighted by atomic mass is 9.79. The topological polar surface area (TPSA) is 94.5 Å². The molecule has 0 aliphatic rings. The Morgan fingerprint density at radius 2 is 0.731 bits per heavy atom. The quantitative estimate of drug-likeness (QED) is 0.106. The van der Waals surface area contributed by atoms with Crippen LogP contribution in [0, 0.1) is 0 Å². The Morgan fingerprint density at radius 1 is 0.481 bits per heavy atom. The number of aromatic hydroxyl groups is 1. The Morgan fingerprint density at radius 3 is 0.962 bits per heavy atom. The van der Waals surface area contributed by atoms with E-state index in [0.717, 1.165) is 26.7 Å². The van der Waals surface area contributed by atoms with Crippen LogP contribution in [0.5, 0.6) is 5.75 Å². The molecule has 0 radical (unpaired) electrons. The van der Waals surface area contributed by atoms with Gasteiger partial charge in [0.25, 0.3) is 0 Å². The minimum absolute atomic E-state index is 0.0965. The smallest absolute Gasteiger partial charge is 0.444 e. The molecule has 274 valence electrons. The largest absolute Gasteiger partial charge is 0.507 e. The number of anilines is 1. The van der Waals surface area contributed by atoms with Crippen molar-refractivity contribution in [3.63, 3.8) is 0 Å². The highest BCUT2D eigenvalue weighted by molar-refractivity contribution is 7.74. The van der Waals surface area contributed by atoms with Gasteiger partial charge in [0, 0.05) is 11.1 Å². The van der Waals surface area contributed by atoms with E-state index in [9.17, 15) is 5.11 Å². The lowest BCUT2D eigenvalue weighted by Crippen LogP contribution is -2.25. The van der Waals surface area contributed by atoms with Gasteiger partial charge in [0.15, 0.2) is 0 Å². The van der Waals surface area contributed by atoms with Crippen LogP contribution in [-0.4, -0.2) is 5.11 Å². The predicted molar refractivity (Wildman–Crippen MR) is 208 cm³/mol. The molecule has 0 aromatic heterocycles. The van der Waals surface area contributed by atoms with E-state index in [1.54, 1.807) is 12.1 Å². The Bertz CT molecular complexity index is 1740. The molecule has 0 heterocycles. The van der Waals surface area contributed by atoms with Gasteiger partial charge in [-0.25, -0.2) is 9.13 Å². The lowest BCUT2D eigenvalue weighted by molar-refractivity contribution is 0.173. The molecule has 0 saturated heterocycles. The van der Waals surface area contributed by atoms with Crippen molar-refractivity contribution in [2.45, 2.75) is 78.8 Å². The summed E-state index contributed by atoms with van der Waals surface area (Å²) in [5, 5.41) is 11.7. The third kappa shape index (κ3) is 10.1. The molecule has 5 rings (SSSR count). The standard InChI is InChI=1S/C42H49NO7P2/c1-41(2,3)38-27-37(28-39(40(38)44)42(4,5)6)43(51(45,47-29-33-19-11-7-12-20-33)48-30-34-21-13-8-14-22-34)52(46,49-31-35-23-15-9-16-24-35)50-32-36-25-17-10-18-26-36/h7-28,44H,29-32H2,1-6H3. The van der Waals surface area contributed by atoms with Crippen LogP contribution in [0.3, 0.4) is 0 Å². The Kier molecular flexibility index (Phi) is 12.6. The summed E-state index contributed by atoms with van der Waals surface area (Å²) in [4.78, 5) is 0. The summed E-state index contributed by atoms with van der Waals surface area (Å²) in [6, 6.07) is 40.5. The van der Waals surface area contributed by atoms with Gasteiger partial charge in [0.05, 0.1) is 32.1 Å². The molecule has 10 heteroatoms. The van der Waals surface area contributed by atoms with Gasteiger partial charge in [-0.2, -0.15) is 4.44 Å². The molecule has 5 aromatic carbocycles. The van der Waals surface area contributed by atoms with E-state index < -0.39 is 26.3 Å². The molecule has 1 N–H and O–H groups in total. The van der Waals surface area contributed by atoms with Gasteiger partial charge >= 0.3 is 15.5 Å². The van der Waals surface area contributed by atoms with Gasteiger partial charge in [0.1, 0.15) is 5.75 Å². The minimum atomic E-state index is -4.67. The minimum Gasteiger partial charge on any atom is -0.507 e. The monoisotopic (exact) mass is 741 g/mol. The van der Waals surface area contributed by atoms with E-state index in [4.69, 9.17) is 18.1 Å². The van der Waals surface area contributed by atoms with Crippen LogP contribution in [0.2, 0.25) is 0 Å². The second-order valence-electron chi connectivity index (χ2n) is 14.7. The van der Waals surface area contributed by atoms with E-state index in [-0.39, 0.29) is 37.9 Å². The first-order valence-corrected chi connectivity index (χ1v) is 20.3. The fraction of sp³-hybridized carbons (Fsp3) is 0.286. The molecule has 0 amide bonds. The second kappa shape index (κ2) is 16.8. The zero-order valence-corrected chi connectivity index (χ0v) is 32.6. The molecular weight excluding hydrogens is 692 g/mol. The van der Waals surface area contributed by atoms with E-state index in [0.29, 0.717) is 11.1 Å². The highest BCUT2D eigenvalue weighted by atomic mass is 31.3. The number of rotatable bonds is 15. The van der Waals surface area contributed by atoms with Crippen molar-refractivity contribution in [3.8, 4) is 5.75 Å². The Labute approximate surface area is 308 Å². The van der Waals surface area contributed by atoms with Gasteiger partial charge in [0.2, 0.25) is 0 Å². The van der Waals surface area contributed by atoms with Crippen molar-refractivity contribution in [2.75, 3.05) is 4.44 Å². The van der Waals surface area contributed by atoms with Gasteiger partial charge in [-0.15, -0.1) is 0 Å². The average Bonchev–Trinajstić information content (AvgIpc) is 3.13. The molecular formula is C42H49NO7P2. The molecule has 0 saturated carbocycles. The van der Waals surface area contributed by atoms with Gasteiger partial charge in [-0.1, -0.05) is 163 Å². The Hall–Kier alpha value is -4.00. The van der Waals surface area contributed by atoms with Crippen molar-refractivity contribution in [1.29, 1.82) is 0 Å². The van der Waals surface area contributed by atoms with Crippen LogP contribution in [0.4, 0.5) is 5.69 Å². The van der Waals surface area contributed by atoms with Crippen molar-refractivity contribution < 1.29 is 32.3 Å². The first kappa shape index (κ1) is 39.2. The van der Waals surface area contributed by atoms with E-state index in [2.05, 4.69) is 0 Å². The number of hydrogen-bond acceptors (Lipinski definition) is 7. The first-order chi connectivity index (χ1) is 24.7. The molecule has 5 aromatic rings. The normalized spacial score (nSPS) is 12.5. The lowest BCUT2D eigenvalue weighted by Gasteiger charge is -2.37. The number of phenols is 1. The molecule has 8 nitrogen and oxygen atoms in total. The molecule has 0 aliphatic heterocycles. The molecule has 0 unspecified atom stereocenters. The summed E-state index contributed by atoms with van der Waals surface area (Å²) < 4.78 is 58.1. The summed E-state index contributed by atoms with van der Waals surface area (Å²) >= 11 is 0. The summed E-state index contributed by atoms with van der Waals surface area (Å²) in [6.45, 7) is 11.3. The van der Waals surface area contributed by atoms with E-state index in [1.165, 1.54) is 0 Å². The highest BCUT2D eigenvalue weighted by Crippen LogP contribution is 2.71. The zero-order valence-electron chi connectivity index (χ0n) is 30.8. The highest BCUT2D eigenvalue weighted by Gasteiger charge is 2.50. The second-order valence-corrected chi connectivity index (χ2v) is 18.7. The van der Waals surface area contributed by atoms with Gasteiger partial charge < -0.3 is 5.11 Å². The average molecular weight is 742 g/mol. The summed E-state index contributed by atoms with van der Waals surface area (Å²) in [5.74, 6) is 0.0965. The molecule has 0 spiro atoms. The summed E-state index contributed by atoms with van der Waals surface area (Å²) in [5.41, 5.74) is 3.06. The van der Waals surface area contributed by atoms with Crippen molar-refractivity contribution in [1.82, 2.24) is 0 Å². The van der Waals surface area contributed by atoms with Crippen LogP contribution < -0.4 is 4.44 Å². The first-order valence-electron chi connectivity index (χ1n) is 17.3. The van der Waals surface area contributed by atoms with Crippen LogP contribution in [0.15, 0.2) is 133 Å². The molecule has 0 fully saturated rings. The van der Waals surface area contributed by atoms with Crippen molar-refractivity contribution >= 4 is 21.2 Å². The molecule has 0 bridgehead atoms. The summed E-state index contributed by atoms with van der Waals surface area (Å²) in [7, 11) is -9.33. The summed E-state index contributed by atoms with van der Waals surface area (Å²) in [6.07, 6.45) is 0. The SMILES string of the molecule is CC(C)(C)c1cc(N(P(=O)(OCc2ccccc2)OCc2ccccc2)P(=O)(OCc2ccccc2)OCc2ccccc2)cc(C(C)(C)C)c1O.